The summed E-state index contributed by atoms with van der Waals surface area (Å²) in [7, 11) is 0. The van der Waals surface area contributed by atoms with Crippen LogP contribution in [0.5, 0.6) is 5.75 Å². The van der Waals surface area contributed by atoms with Crippen LogP contribution in [0.4, 0.5) is 5.69 Å². The summed E-state index contributed by atoms with van der Waals surface area (Å²) < 4.78 is 48.4. The van der Waals surface area contributed by atoms with Crippen LogP contribution in [0.25, 0.3) is 0 Å². The predicted octanol–water partition coefficient (Wildman–Crippen LogP) is 2.11. The summed E-state index contributed by atoms with van der Waals surface area (Å²) in [4.78, 5) is 11.5. The minimum atomic E-state index is -0.507. The maximum absolute atomic E-state index is 11.5. The highest BCUT2D eigenvalue weighted by molar-refractivity contribution is 5.71. The van der Waals surface area contributed by atoms with Gasteiger partial charge >= 0.3 is 5.97 Å². The van der Waals surface area contributed by atoms with Gasteiger partial charge in [-0.05, 0) is 32.9 Å². The number of ether oxygens (including phenoxy) is 9. The Morgan fingerprint density at radius 1 is 0.622 bits per heavy atom. The molecule has 11 nitrogen and oxygen atoms in total. The van der Waals surface area contributed by atoms with Crippen molar-refractivity contribution in [3.63, 3.8) is 0 Å². The molecule has 0 spiro atoms. The lowest BCUT2D eigenvalue weighted by Crippen LogP contribution is -2.27. The first-order valence-corrected chi connectivity index (χ1v) is 12.6. The topological polar surface area (TPSA) is 126 Å². The van der Waals surface area contributed by atoms with Crippen molar-refractivity contribution in [1.82, 2.24) is 0 Å². The minimum Gasteiger partial charge on any atom is -0.489 e. The number of hydrogen-bond donors (Lipinski definition) is 1. The molecule has 1 aromatic rings. The van der Waals surface area contributed by atoms with Crippen LogP contribution in [-0.4, -0.2) is 111 Å². The van der Waals surface area contributed by atoms with Gasteiger partial charge in [0.25, 0.3) is 0 Å². The van der Waals surface area contributed by atoms with Crippen LogP contribution < -0.4 is 10.5 Å². The molecule has 0 saturated heterocycles. The summed E-state index contributed by atoms with van der Waals surface area (Å²) in [6.07, 6.45) is 0. The van der Waals surface area contributed by atoms with Gasteiger partial charge in [0.05, 0.1) is 91.6 Å². The largest absolute Gasteiger partial charge is 0.489 e. The van der Waals surface area contributed by atoms with Gasteiger partial charge in [0.2, 0.25) is 0 Å². The third-order valence-electron chi connectivity index (χ3n) is 4.28. The number of nitrogens with two attached hydrogens (primary N) is 1. The molecule has 0 aliphatic carbocycles. The summed E-state index contributed by atoms with van der Waals surface area (Å²) in [6.45, 7) is 11.8. The van der Waals surface area contributed by atoms with Gasteiger partial charge in [0, 0.05) is 0 Å². The van der Waals surface area contributed by atoms with Crippen LogP contribution in [0.15, 0.2) is 24.3 Å². The molecule has 0 saturated carbocycles. The number of para-hydroxylation sites is 2. The van der Waals surface area contributed by atoms with Crippen molar-refractivity contribution < 1.29 is 47.4 Å². The van der Waals surface area contributed by atoms with E-state index in [2.05, 4.69) is 0 Å². The van der Waals surface area contributed by atoms with Gasteiger partial charge in [0.15, 0.2) is 0 Å². The number of anilines is 1. The van der Waals surface area contributed by atoms with E-state index in [-0.39, 0.29) is 12.6 Å². The molecule has 0 aliphatic heterocycles. The van der Waals surface area contributed by atoms with E-state index in [1.165, 1.54) is 0 Å². The zero-order chi connectivity index (χ0) is 27.0. The number of carbonyl (C=O) groups excluding carboxylic acids is 1. The Balaban J connectivity index is 1.70. The number of esters is 1. The lowest BCUT2D eigenvalue weighted by molar-refractivity contribution is -0.160. The lowest BCUT2D eigenvalue weighted by atomic mass is 10.2. The second-order valence-electron chi connectivity index (χ2n) is 8.70. The molecule has 0 amide bonds. The first kappa shape index (κ1) is 33.0. The summed E-state index contributed by atoms with van der Waals surface area (Å²) in [5, 5.41) is 0. The molecule has 0 bridgehead atoms. The van der Waals surface area contributed by atoms with Crippen molar-refractivity contribution in [3.05, 3.63) is 24.3 Å². The summed E-state index contributed by atoms with van der Waals surface area (Å²) in [5.41, 5.74) is 5.91. The molecule has 214 valence electrons. The maximum atomic E-state index is 11.5. The van der Waals surface area contributed by atoms with Gasteiger partial charge in [-0.15, -0.1) is 0 Å². The fourth-order valence-electron chi connectivity index (χ4n) is 2.67. The SMILES string of the molecule is CC(C)(C)OC(=O)COCCOCCOCCOCCOCCOCCOCCOc1ccccc1N. The first-order chi connectivity index (χ1) is 17.9. The number of benzene rings is 1. The fraction of sp³-hybridized carbons (Fsp3) is 0.731. The van der Waals surface area contributed by atoms with Crippen molar-refractivity contribution in [3.8, 4) is 5.75 Å². The van der Waals surface area contributed by atoms with Crippen LogP contribution >= 0.6 is 0 Å². The predicted molar refractivity (Wildman–Crippen MR) is 138 cm³/mol. The van der Waals surface area contributed by atoms with Crippen LogP contribution in [0.3, 0.4) is 0 Å². The van der Waals surface area contributed by atoms with E-state index >= 15 is 0 Å². The van der Waals surface area contributed by atoms with E-state index in [4.69, 9.17) is 48.4 Å². The van der Waals surface area contributed by atoms with E-state index in [1.54, 1.807) is 6.07 Å². The van der Waals surface area contributed by atoms with Crippen molar-refractivity contribution in [2.45, 2.75) is 26.4 Å². The zero-order valence-electron chi connectivity index (χ0n) is 22.6. The van der Waals surface area contributed by atoms with E-state index in [0.717, 1.165) is 0 Å². The smallest absolute Gasteiger partial charge is 0.332 e. The van der Waals surface area contributed by atoms with Crippen molar-refractivity contribution in [2.75, 3.05) is 105 Å². The molecule has 37 heavy (non-hydrogen) atoms. The molecule has 0 radical (unpaired) electrons. The Morgan fingerprint density at radius 2 is 1.00 bits per heavy atom. The molecule has 0 aliphatic rings. The first-order valence-electron chi connectivity index (χ1n) is 12.6. The molecule has 1 rings (SSSR count). The second kappa shape index (κ2) is 22.0. The van der Waals surface area contributed by atoms with Crippen LogP contribution in [0.1, 0.15) is 20.8 Å². The number of rotatable bonds is 24. The highest BCUT2D eigenvalue weighted by atomic mass is 16.6. The number of carbonyl (C=O) groups is 1. The van der Waals surface area contributed by atoms with Crippen molar-refractivity contribution in [1.29, 1.82) is 0 Å². The van der Waals surface area contributed by atoms with Crippen molar-refractivity contribution in [2.24, 2.45) is 0 Å². The number of hydrogen-bond acceptors (Lipinski definition) is 11. The Bertz CT molecular complexity index is 684. The van der Waals surface area contributed by atoms with Crippen LogP contribution in [-0.2, 0) is 42.7 Å². The normalized spacial score (nSPS) is 11.5. The lowest BCUT2D eigenvalue weighted by Gasteiger charge is -2.19. The average Bonchev–Trinajstić information content (AvgIpc) is 2.84. The molecule has 0 fully saturated rings. The molecule has 2 N–H and O–H groups in total. The van der Waals surface area contributed by atoms with Gasteiger partial charge in [-0.3, -0.25) is 0 Å². The summed E-state index contributed by atoms with van der Waals surface area (Å²) >= 11 is 0. The van der Waals surface area contributed by atoms with E-state index in [0.29, 0.717) is 104 Å². The standard InChI is InChI=1S/C26H45NO10/c1-26(2,3)37-25(28)22-35-19-18-33-15-14-31-11-10-29-8-9-30-12-13-32-16-17-34-20-21-36-24-7-5-4-6-23(24)27/h4-7H,8-22,27H2,1-3H3. The van der Waals surface area contributed by atoms with Crippen LogP contribution in [0.2, 0.25) is 0 Å². The Kier molecular flexibility index (Phi) is 19.7. The third kappa shape index (κ3) is 21.8. The van der Waals surface area contributed by atoms with Gasteiger partial charge in [-0.25, -0.2) is 4.79 Å². The molecule has 0 unspecified atom stereocenters. The van der Waals surface area contributed by atoms with Gasteiger partial charge in [0.1, 0.15) is 24.6 Å². The molecule has 0 heterocycles. The molecular weight excluding hydrogens is 486 g/mol. The average molecular weight is 532 g/mol. The van der Waals surface area contributed by atoms with E-state index in [1.807, 2.05) is 39.0 Å². The summed E-state index contributed by atoms with van der Waals surface area (Å²) in [5.74, 6) is 0.280. The van der Waals surface area contributed by atoms with Gasteiger partial charge in [-0.2, -0.15) is 0 Å². The van der Waals surface area contributed by atoms with Crippen molar-refractivity contribution >= 4 is 11.7 Å². The Labute approximate surface area is 220 Å². The highest BCUT2D eigenvalue weighted by Crippen LogP contribution is 2.19. The fourth-order valence-corrected chi connectivity index (χ4v) is 2.67. The Morgan fingerprint density at radius 3 is 1.41 bits per heavy atom. The minimum absolute atomic E-state index is 0.0803. The molecule has 11 heteroatoms. The molecule has 0 aromatic heterocycles. The monoisotopic (exact) mass is 531 g/mol. The highest BCUT2D eigenvalue weighted by Gasteiger charge is 2.15. The molecule has 1 aromatic carbocycles. The van der Waals surface area contributed by atoms with Gasteiger partial charge < -0.3 is 48.4 Å². The Hall–Kier alpha value is -1.99. The van der Waals surface area contributed by atoms with E-state index < -0.39 is 5.60 Å². The second-order valence-corrected chi connectivity index (χ2v) is 8.70. The van der Waals surface area contributed by atoms with Crippen LogP contribution in [0, 0.1) is 0 Å². The quantitative estimate of drug-likeness (QED) is 0.120. The molecular formula is C26H45NO10. The van der Waals surface area contributed by atoms with E-state index in [9.17, 15) is 4.79 Å². The maximum Gasteiger partial charge on any atom is 0.332 e. The third-order valence-corrected chi connectivity index (χ3v) is 4.28. The zero-order valence-corrected chi connectivity index (χ0v) is 22.6. The van der Waals surface area contributed by atoms with Gasteiger partial charge in [-0.1, -0.05) is 12.1 Å². The number of nitrogen functional groups attached to an aromatic ring is 1. The molecule has 0 atom stereocenters. The summed E-state index contributed by atoms with van der Waals surface area (Å²) in [6, 6.07) is 7.36.